The summed E-state index contributed by atoms with van der Waals surface area (Å²) in [4.78, 5) is 23.8. The lowest BCUT2D eigenvalue weighted by Crippen LogP contribution is -2.32. The number of anilines is 1. The van der Waals surface area contributed by atoms with Crippen molar-refractivity contribution in [1.82, 2.24) is 5.43 Å². The third-order valence-electron chi connectivity index (χ3n) is 4.22. The smallest absolute Gasteiger partial charge is 0.318 e. The summed E-state index contributed by atoms with van der Waals surface area (Å²) in [7, 11) is 0. The maximum atomic E-state index is 11.9. The fraction of sp³-hybridized carbons (Fsp3) is 0.318. The zero-order valence-electron chi connectivity index (χ0n) is 16.2. The van der Waals surface area contributed by atoms with Crippen LogP contribution in [0.25, 0.3) is 0 Å². The average Bonchev–Trinajstić information content (AvgIpc) is 2.67. The van der Waals surface area contributed by atoms with Gasteiger partial charge in [-0.15, -0.1) is 0 Å². The van der Waals surface area contributed by atoms with Gasteiger partial charge in [0.25, 0.3) is 0 Å². The van der Waals surface area contributed by atoms with E-state index in [0.29, 0.717) is 11.6 Å². The molecule has 5 nitrogen and oxygen atoms in total. The van der Waals surface area contributed by atoms with Crippen molar-refractivity contribution in [3.63, 3.8) is 0 Å². The maximum Gasteiger partial charge on any atom is 0.329 e. The molecule has 0 fully saturated rings. The van der Waals surface area contributed by atoms with E-state index >= 15 is 0 Å². The molecule has 0 bridgehead atoms. The largest absolute Gasteiger partial charge is 0.329 e. The van der Waals surface area contributed by atoms with Gasteiger partial charge in [0.1, 0.15) is 0 Å². The second kappa shape index (κ2) is 10.3. The summed E-state index contributed by atoms with van der Waals surface area (Å²) in [5.41, 5.74) is 6.13. The first kappa shape index (κ1) is 20.4. The lowest BCUT2D eigenvalue weighted by Gasteiger charge is -2.06. The number of nitrogens with zero attached hydrogens (tertiary/aromatic N) is 1. The molecule has 0 saturated heterocycles. The fourth-order valence-electron chi connectivity index (χ4n) is 2.51. The number of hydrazone groups is 1. The van der Waals surface area contributed by atoms with E-state index in [-0.39, 0.29) is 0 Å². The predicted octanol–water partition coefficient (Wildman–Crippen LogP) is 4.24. The second-order valence-electron chi connectivity index (χ2n) is 6.78. The Morgan fingerprint density at radius 2 is 1.67 bits per heavy atom. The van der Waals surface area contributed by atoms with Gasteiger partial charge in [0.05, 0.1) is 6.21 Å². The fourth-order valence-corrected chi connectivity index (χ4v) is 2.51. The Labute approximate surface area is 160 Å². The van der Waals surface area contributed by atoms with Crippen LogP contribution in [0.1, 0.15) is 56.2 Å². The Balaban J connectivity index is 1.83. The van der Waals surface area contributed by atoms with Crippen LogP contribution in [0.4, 0.5) is 5.69 Å². The topological polar surface area (TPSA) is 70.6 Å². The Bertz CT molecular complexity index is 778. The van der Waals surface area contributed by atoms with Gasteiger partial charge in [0, 0.05) is 5.69 Å². The van der Waals surface area contributed by atoms with Gasteiger partial charge in [0.2, 0.25) is 0 Å². The number of hydrogen-bond donors (Lipinski definition) is 2. The van der Waals surface area contributed by atoms with E-state index < -0.39 is 11.8 Å². The number of amides is 2. The zero-order chi connectivity index (χ0) is 19.6. The van der Waals surface area contributed by atoms with Crippen LogP contribution in [-0.4, -0.2) is 18.0 Å². The summed E-state index contributed by atoms with van der Waals surface area (Å²) in [5, 5.41) is 6.41. The van der Waals surface area contributed by atoms with Crippen molar-refractivity contribution in [2.24, 2.45) is 5.10 Å². The number of hydrogen-bond acceptors (Lipinski definition) is 3. The number of benzene rings is 2. The minimum Gasteiger partial charge on any atom is -0.318 e. The van der Waals surface area contributed by atoms with E-state index in [2.05, 4.69) is 36.6 Å². The first-order valence-corrected chi connectivity index (χ1v) is 9.33. The molecule has 0 radical (unpaired) electrons. The van der Waals surface area contributed by atoms with Gasteiger partial charge in [-0.25, -0.2) is 5.43 Å². The standard InChI is InChI=1S/C22H27N3O2/c1-4-5-6-17-9-13-20(14-10-17)24-21(26)22(27)25-23-15-18-7-11-19(12-8-18)16(2)3/h7-16H,4-6H2,1-3H3,(H,24,26)(H,25,27)/b23-15+. The Kier molecular flexibility index (Phi) is 7.74. The average molecular weight is 365 g/mol. The minimum absolute atomic E-state index is 0.458. The van der Waals surface area contributed by atoms with Crippen LogP contribution in [0.5, 0.6) is 0 Å². The molecule has 2 rings (SSSR count). The first-order chi connectivity index (χ1) is 13.0. The molecule has 2 amide bonds. The van der Waals surface area contributed by atoms with E-state index in [1.165, 1.54) is 17.3 Å². The molecule has 2 aromatic carbocycles. The number of carbonyl (C=O) groups excluding carboxylic acids is 2. The van der Waals surface area contributed by atoms with E-state index in [1.54, 1.807) is 12.1 Å². The summed E-state index contributed by atoms with van der Waals surface area (Å²) < 4.78 is 0. The highest BCUT2D eigenvalue weighted by Gasteiger charge is 2.12. The third kappa shape index (κ3) is 6.70. The number of rotatable bonds is 7. The van der Waals surface area contributed by atoms with Gasteiger partial charge in [-0.2, -0.15) is 5.10 Å². The zero-order valence-corrected chi connectivity index (χ0v) is 16.2. The lowest BCUT2D eigenvalue weighted by atomic mass is 10.0. The molecule has 2 N–H and O–H groups in total. The highest BCUT2D eigenvalue weighted by atomic mass is 16.2. The predicted molar refractivity (Wildman–Crippen MR) is 110 cm³/mol. The number of nitrogens with one attached hydrogen (secondary N) is 2. The van der Waals surface area contributed by atoms with Crippen molar-refractivity contribution in [3.05, 3.63) is 65.2 Å². The molecule has 0 aromatic heterocycles. The molecule has 27 heavy (non-hydrogen) atoms. The Hall–Kier alpha value is -2.95. The van der Waals surface area contributed by atoms with Crippen LogP contribution in [0, 0.1) is 0 Å². The van der Waals surface area contributed by atoms with Crippen molar-refractivity contribution in [2.75, 3.05) is 5.32 Å². The first-order valence-electron chi connectivity index (χ1n) is 9.33. The molecule has 0 heterocycles. The van der Waals surface area contributed by atoms with Gasteiger partial charge >= 0.3 is 11.8 Å². The molecule has 0 aliphatic carbocycles. The third-order valence-corrected chi connectivity index (χ3v) is 4.22. The van der Waals surface area contributed by atoms with Crippen molar-refractivity contribution in [1.29, 1.82) is 0 Å². The molecule has 0 unspecified atom stereocenters. The van der Waals surface area contributed by atoms with Gasteiger partial charge in [0.15, 0.2) is 0 Å². The molecule has 0 aliphatic rings. The van der Waals surface area contributed by atoms with Crippen LogP contribution in [0.3, 0.4) is 0 Å². The normalized spacial score (nSPS) is 11.0. The van der Waals surface area contributed by atoms with E-state index in [1.807, 2.05) is 36.4 Å². The van der Waals surface area contributed by atoms with Crippen molar-refractivity contribution < 1.29 is 9.59 Å². The van der Waals surface area contributed by atoms with Crippen LogP contribution in [0.2, 0.25) is 0 Å². The van der Waals surface area contributed by atoms with E-state index in [9.17, 15) is 9.59 Å². The van der Waals surface area contributed by atoms with Crippen LogP contribution in [0.15, 0.2) is 53.6 Å². The monoisotopic (exact) mass is 365 g/mol. The van der Waals surface area contributed by atoms with Crippen LogP contribution in [-0.2, 0) is 16.0 Å². The van der Waals surface area contributed by atoms with Crippen molar-refractivity contribution in [3.8, 4) is 0 Å². The molecule has 142 valence electrons. The summed E-state index contributed by atoms with van der Waals surface area (Å²) in [6.07, 6.45) is 4.79. The van der Waals surface area contributed by atoms with Crippen molar-refractivity contribution >= 4 is 23.7 Å². The Morgan fingerprint density at radius 3 is 2.26 bits per heavy atom. The molecular weight excluding hydrogens is 338 g/mol. The van der Waals surface area contributed by atoms with E-state index in [0.717, 1.165) is 24.8 Å². The van der Waals surface area contributed by atoms with Gasteiger partial charge in [-0.3, -0.25) is 9.59 Å². The number of aryl methyl sites for hydroxylation is 1. The van der Waals surface area contributed by atoms with Gasteiger partial charge in [-0.1, -0.05) is 63.6 Å². The van der Waals surface area contributed by atoms with Crippen molar-refractivity contribution in [2.45, 2.75) is 46.0 Å². The summed E-state index contributed by atoms with van der Waals surface area (Å²) in [6, 6.07) is 15.4. The summed E-state index contributed by atoms with van der Waals surface area (Å²) >= 11 is 0. The highest BCUT2D eigenvalue weighted by molar-refractivity contribution is 6.39. The molecule has 0 saturated carbocycles. The Morgan fingerprint density at radius 1 is 1.00 bits per heavy atom. The summed E-state index contributed by atoms with van der Waals surface area (Å²) in [5.74, 6) is -1.09. The highest BCUT2D eigenvalue weighted by Crippen LogP contribution is 2.14. The SMILES string of the molecule is CCCCc1ccc(NC(=O)C(=O)N/N=C/c2ccc(C(C)C)cc2)cc1. The molecule has 0 atom stereocenters. The lowest BCUT2D eigenvalue weighted by molar-refractivity contribution is -0.136. The van der Waals surface area contributed by atoms with Crippen LogP contribution >= 0.6 is 0 Å². The molecule has 5 heteroatoms. The number of unbranched alkanes of at least 4 members (excludes halogenated alkanes) is 1. The molecular formula is C22H27N3O2. The molecule has 2 aromatic rings. The number of carbonyl (C=O) groups is 2. The quantitative estimate of drug-likeness (QED) is 0.438. The van der Waals surface area contributed by atoms with Gasteiger partial charge < -0.3 is 5.32 Å². The van der Waals surface area contributed by atoms with E-state index in [4.69, 9.17) is 0 Å². The van der Waals surface area contributed by atoms with Crippen LogP contribution < -0.4 is 10.7 Å². The maximum absolute atomic E-state index is 11.9. The summed E-state index contributed by atoms with van der Waals surface area (Å²) in [6.45, 7) is 6.40. The molecule has 0 spiro atoms. The molecule has 0 aliphatic heterocycles. The van der Waals surface area contributed by atoms with Gasteiger partial charge in [-0.05, 0) is 47.6 Å². The second-order valence-corrected chi connectivity index (χ2v) is 6.78. The minimum atomic E-state index is -0.805.